The molecule has 2 saturated carbocycles. The maximum Gasteiger partial charge on any atom is -0.0292 e. The quantitative estimate of drug-likeness (QED) is 0.552. The van der Waals surface area contributed by atoms with Crippen LogP contribution in [-0.2, 0) is 0 Å². The predicted octanol–water partition coefficient (Wildman–Crippen LogP) is 4.00. The van der Waals surface area contributed by atoms with Gasteiger partial charge in [-0.25, -0.2) is 0 Å². The minimum absolute atomic E-state index is 0.852. The first-order valence-electron chi connectivity index (χ1n) is 5.74. The van der Waals surface area contributed by atoms with Gasteiger partial charge in [-0.3, -0.25) is 0 Å². The molecule has 0 heteroatoms. The van der Waals surface area contributed by atoms with Crippen molar-refractivity contribution in [2.45, 2.75) is 58.8 Å². The summed E-state index contributed by atoms with van der Waals surface area (Å²) in [5.74, 6) is 2.12. The van der Waals surface area contributed by atoms with E-state index < -0.39 is 0 Å². The first-order chi connectivity index (χ1) is 5.74. The summed E-state index contributed by atoms with van der Waals surface area (Å²) in [7, 11) is 0. The number of rotatable bonds is 1. The van der Waals surface area contributed by atoms with Crippen LogP contribution in [0.1, 0.15) is 58.8 Å². The second-order valence-electron chi connectivity index (χ2n) is 5.37. The Morgan fingerprint density at radius 3 is 2.17 bits per heavy atom. The molecule has 2 aliphatic carbocycles. The summed E-state index contributed by atoms with van der Waals surface area (Å²) in [4.78, 5) is 0. The smallest absolute Gasteiger partial charge is 0.0292 e. The Hall–Kier alpha value is 0. The van der Waals surface area contributed by atoms with E-state index in [1.165, 1.54) is 19.3 Å². The highest BCUT2D eigenvalue weighted by Gasteiger charge is 2.43. The Bertz CT molecular complexity index is 143. The summed E-state index contributed by atoms with van der Waals surface area (Å²) in [6, 6.07) is 0. The Kier molecular flexibility index (Phi) is 2.18. The van der Waals surface area contributed by atoms with Crippen molar-refractivity contribution in [1.82, 2.24) is 0 Å². The van der Waals surface area contributed by atoms with Gasteiger partial charge in [0.2, 0.25) is 0 Å². The van der Waals surface area contributed by atoms with Crippen LogP contribution in [0, 0.1) is 17.3 Å². The average Bonchev–Trinajstić information content (AvgIpc) is 2.04. The molecule has 0 radical (unpaired) electrons. The van der Waals surface area contributed by atoms with Crippen LogP contribution in [0.4, 0.5) is 0 Å². The molecule has 0 aromatic heterocycles. The molecule has 0 saturated heterocycles. The zero-order chi connectivity index (χ0) is 8.60. The molecule has 0 atom stereocenters. The molecule has 0 unspecified atom stereocenters. The van der Waals surface area contributed by atoms with Gasteiger partial charge in [0.25, 0.3) is 0 Å². The summed E-state index contributed by atoms with van der Waals surface area (Å²) >= 11 is 0. The monoisotopic (exact) mass is 166 g/mol. The van der Waals surface area contributed by atoms with E-state index in [1.54, 1.807) is 25.7 Å². The third kappa shape index (κ3) is 1.41. The molecule has 0 heterocycles. The average molecular weight is 166 g/mol. The standard InChI is InChI=1S/C12H22/c1-3-11-4-6-12(7-5-11)8-10(2)9-12/h10-11H,3-9H2,1-2H3. The van der Waals surface area contributed by atoms with Crippen molar-refractivity contribution in [3.8, 4) is 0 Å². The fourth-order valence-electron chi connectivity index (χ4n) is 3.53. The van der Waals surface area contributed by atoms with Crippen molar-refractivity contribution in [3.63, 3.8) is 0 Å². The summed E-state index contributed by atoms with van der Waals surface area (Å²) in [6.45, 7) is 4.77. The van der Waals surface area contributed by atoms with E-state index in [-0.39, 0.29) is 0 Å². The van der Waals surface area contributed by atoms with Gasteiger partial charge in [0, 0.05) is 0 Å². The maximum absolute atomic E-state index is 2.41. The Labute approximate surface area is 76.7 Å². The molecule has 0 aromatic carbocycles. The minimum atomic E-state index is 0.852. The molecule has 0 aliphatic heterocycles. The molecule has 0 N–H and O–H groups in total. The van der Waals surface area contributed by atoms with E-state index in [9.17, 15) is 0 Å². The largest absolute Gasteiger partial charge is 0.0651 e. The van der Waals surface area contributed by atoms with Gasteiger partial charge in [0.15, 0.2) is 0 Å². The van der Waals surface area contributed by atoms with Gasteiger partial charge in [-0.05, 0) is 55.8 Å². The Balaban J connectivity index is 1.83. The fourth-order valence-corrected chi connectivity index (χ4v) is 3.53. The van der Waals surface area contributed by atoms with Gasteiger partial charge in [-0.15, -0.1) is 0 Å². The number of hydrogen-bond acceptors (Lipinski definition) is 0. The van der Waals surface area contributed by atoms with Crippen molar-refractivity contribution in [2.75, 3.05) is 0 Å². The third-order valence-electron chi connectivity index (χ3n) is 4.31. The lowest BCUT2D eigenvalue weighted by atomic mass is 9.55. The molecule has 2 fully saturated rings. The van der Waals surface area contributed by atoms with Crippen LogP contribution in [0.15, 0.2) is 0 Å². The lowest BCUT2D eigenvalue weighted by Crippen LogP contribution is -2.38. The summed E-state index contributed by atoms with van der Waals surface area (Å²) < 4.78 is 0. The molecule has 0 amide bonds. The minimum Gasteiger partial charge on any atom is -0.0651 e. The zero-order valence-electron chi connectivity index (χ0n) is 8.60. The van der Waals surface area contributed by atoms with Crippen LogP contribution in [0.25, 0.3) is 0 Å². The first kappa shape index (κ1) is 8.59. The zero-order valence-corrected chi connectivity index (χ0v) is 8.60. The molecule has 2 aliphatic rings. The SMILES string of the molecule is CCC1CCC2(CC1)CC(C)C2. The van der Waals surface area contributed by atoms with Gasteiger partial charge in [0.1, 0.15) is 0 Å². The molecule has 70 valence electrons. The van der Waals surface area contributed by atoms with Crippen molar-refractivity contribution in [1.29, 1.82) is 0 Å². The summed E-state index contributed by atoms with van der Waals surface area (Å²) in [6.07, 6.45) is 10.7. The number of hydrogen-bond donors (Lipinski definition) is 0. The van der Waals surface area contributed by atoms with Crippen molar-refractivity contribution >= 4 is 0 Å². The molecular weight excluding hydrogens is 144 g/mol. The van der Waals surface area contributed by atoms with Crippen LogP contribution in [0.5, 0.6) is 0 Å². The molecular formula is C12H22. The highest BCUT2D eigenvalue weighted by atomic mass is 14.5. The Morgan fingerprint density at radius 2 is 1.75 bits per heavy atom. The summed E-state index contributed by atoms with van der Waals surface area (Å²) in [5.41, 5.74) is 0.852. The van der Waals surface area contributed by atoms with Crippen LogP contribution in [0.3, 0.4) is 0 Å². The van der Waals surface area contributed by atoms with Gasteiger partial charge < -0.3 is 0 Å². The maximum atomic E-state index is 2.41. The molecule has 0 nitrogen and oxygen atoms in total. The van der Waals surface area contributed by atoms with E-state index in [0.29, 0.717) is 0 Å². The Morgan fingerprint density at radius 1 is 1.17 bits per heavy atom. The highest BCUT2D eigenvalue weighted by molar-refractivity contribution is 4.94. The fraction of sp³-hybridized carbons (Fsp3) is 1.00. The third-order valence-corrected chi connectivity index (χ3v) is 4.31. The second kappa shape index (κ2) is 3.05. The van der Waals surface area contributed by atoms with Crippen LogP contribution in [0.2, 0.25) is 0 Å². The lowest BCUT2D eigenvalue weighted by Gasteiger charge is -2.50. The molecule has 0 bridgehead atoms. The predicted molar refractivity (Wildman–Crippen MR) is 53.1 cm³/mol. The van der Waals surface area contributed by atoms with Crippen LogP contribution >= 0.6 is 0 Å². The van der Waals surface area contributed by atoms with E-state index in [2.05, 4.69) is 13.8 Å². The first-order valence-corrected chi connectivity index (χ1v) is 5.74. The van der Waals surface area contributed by atoms with Crippen LogP contribution < -0.4 is 0 Å². The molecule has 0 aromatic rings. The van der Waals surface area contributed by atoms with E-state index in [1.807, 2.05) is 0 Å². The lowest BCUT2D eigenvalue weighted by molar-refractivity contribution is 0.00816. The van der Waals surface area contributed by atoms with Crippen molar-refractivity contribution < 1.29 is 0 Å². The molecule has 12 heavy (non-hydrogen) atoms. The van der Waals surface area contributed by atoms with Gasteiger partial charge in [-0.1, -0.05) is 20.3 Å². The van der Waals surface area contributed by atoms with Gasteiger partial charge in [0.05, 0.1) is 0 Å². The van der Waals surface area contributed by atoms with Gasteiger partial charge in [-0.2, -0.15) is 0 Å². The van der Waals surface area contributed by atoms with E-state index in [0.717, 1.165) is 17.3 Å². The van der Waals surface area contributed by atoms with Crippen molar-refractivity contribution in [3.05, 3.63) is 0 Å². The van der Waals surface area contributed by atoms with Crippen LogP contribution in [-0.4, -0.2) is 0 Å². The molecule has 2 rings (SSSR count). The normalized spacial score (nSPS) is 47.5. The van der Waals surface area contributed by atoms with E-state index >= 15 is 0 Å². The topological polar surface area (TPSA) is 0 Å². The summed E-state index contributed by atoms with van der Waals surface area (Å²) in [5, 5.41) is 0. The highest BCUT2D eigenvalue weighted by Crippen LogP contribution is 2.55. The second-order valence-corrected chi connectivity index (χ2v) is 5.37. The van der Waals surface area contributed by atoms with Crippen molar-refractivity contribution in [2.24, 2.45) is 17.3 Å². The van der Waals surface area contributed by atoms with Gasteiger partial charge >= 0.3 is 0 Å². The molecule has 1 spiro atoms. The van der Waals surface area contributed by atoms with E-state index in [4.69, 9.17) is 0 Å².